The monoisotopic (exact) mass is 395 g/mol. The Bertz CT molecular complexity index is 953. The van der Waals surface area contributed by atoms with Crippen LogP contribution in [0.3, 0.4) is 0 Å². The molecule has 2 amide bonds. The van der Waals surface area contributed by atoms with E-state index in [-0.39, 0.29) is 23.5 Å². The smallest absolute Gasteiger partial charge is 0.238 e. The van der Waals surface area contributed by atoms with Crippen molar-refractivity contribution < 1.29 is 14.4 Å². The molecule has 0 spiro atoms. The van der Waals surface area contributed by atoms with Crippen LogP contribution in [-0.2, 0) is 14.4 Å². The first-order valence-corrected chi connectivity index (χ1v) is 9.12. The molecule has 4 nitrogen and oxygen atoms in total. The Kier molecular flexibility index (Phi) is 3.07. The molecule has 2 bridgehead atoms. The molecular formula is C20H14BrNO3. The molecule has 2 fully saturated rings. The molecule has 124 valence electrons. The van der Waals surface area contributed by atoms with Gasteiger partial charge in [0.15, 0.2) is 0 Å². The van der Waals surface area contributed by atoms with E-state index in [1.165, 1.54) is 4.90 Å². The van der Waals surface area contributed by atoms with Crippen LogP contribution in [0.1, 0.15) is 29.4 Å². The first-order valence-electron chi connectivity index (χ1n) is 8.33. The highest BCUT2D eigenvalue weighted by Crippen LogP contribution is 2.57. The summed E-state index contributed by atoms with van der Waals surface area (Å²) in [5, 5.41) is 0. The van der Waals surface area contributed by atoms with Crippen molar-refractivity contribution in [3.63, 3.8) is 0 Å². The van der Waals surface area contributed by atoms with E-state index in [1.54, 1.807) is 18.2 Å². The summed E-state index contributed by atoms with van der Waals surface area (Å²) in [5.74, 6) is -2.00. The van der Waals surface area contributed by atoms with Crippen molar-refractivity contribution >= 4 is 39.2 Å². The molecule has 3 aliphatic carbocycles. The summed E-state index contributed by atoms with van der Waals surface area (Å²) in [7, 11) is 0. The maximum absolute atomic E-state index is 13.1. The third-order valence-corrected chi connectivity index (χ3v) is 6.25. The Labute approximate surface area is 153 Å². The third kappa shape index (κ3) is 1.90. The summed E-state index contributed by atoms with van der Waals surface area (Å²) < 4.78 is 0.808. The van der Waals surface area contributed by atoms with Gasteiger partial charge in [0.25, 0.3) is 0 Å². The fourth-order valence-electron chi connectivity index (χ4n) is 4.83. The van der Waals surface area contributed by atoms with E-state index in [9.17, 15) is 14.4 Å². The summed E-state index contributed by atoms with van der Waals surface area (Å²) >= 11 is 3.39. The molecule has 6 rings (SSSR count). The minimum Gasteiger partial charge on any atom is -0.299 e. The zero-order chi connectivity index (χ0) is 17.3. The van der Waals surface area contributed by atoms with E-state index in [1.807, 2.05) is 30.3 Å². The number of Topliss-reactive ketones (excluding diaryl/α,β-unsaturated/α-hetero) is 1. The van der Waals surface area contributed by atoms with Gasteiger partial charge in [0.1, 0.15) is 5.78 Å². The number of anilines is 1. The normalized spacial score (nSPS) is 29.8. The van der Waals surface area contributed by atoms with Gasteiger partial charge in [0.2, 0.25) is 11.8 Å². The number of rotatable bonds is 1. The van der Waals surface area contributed by atoms with Gasteiger partial charge in [-0.1, -0.05) is 46.3 Å². The second-order valence-corrected chi connectivity index (χ2v) is 7.84. The number of amides is 2. The predicted molar refractivity (Wildman–Crippen MR) is 95.2 cm³/mol. The minimum absolute atomic E-state index is 0.0854. The van der Waals surface area contributed by atoms with Crippen LogP contribution in [-0.4, -0.2) is 17.6 Å². The number of hydrogen-bond donors (Lipinski definition) is 0. The quantitative estimate of drug-likeness (QED) is 0.695. The fourth-order valence-corrected chi connectivity index (χ4v) is 5.22. The fraction of sp³-hybridized carbons (Fsp3) is 0.250. The zero-order valence-corrected chi connectivity index (χ0v) is 14.8. The Balaban J connectivity index is 1.66. The number of ketones is 1. The van der Waals surface area contributed by atoms with Crippen LogP contribution in [0.5, 0.6) is 0 Å². The van der Waals surface area contributed by atoms with Crippen LogP contribution in [0.25, 0.3) is 0 Å². The summed E-state index contributed by atoms with van der Waals surface area (Å²) in [4.78, 5) is 40.2. The largest absolute Gasteiger partial charge is 0.299 e. The number of imide groups is 1. The topological polar surface area (TPSA) is 54.5 Å². The van der Waals surface area contributed by atoms with E-state index >= 15 is 0 Å². The van der Waals surface area contributed by atoms with E-state index in [4.69, 9.17) is 0 Å². The number of nitrogens with zero attached hydrogens (tertiary/aromatic N) is 1. The van der Waals surface area contributed by atoms with Gasteiger partial charge in [0.05, 0.1) is 23.4 Å². The van der Waals surface area contributed by atoms with Crippen molar-refractivity contribution in [2.24, 2.45) is 11.8 Å². The summed E-state index contributed by atoms with van der Waals surface area (Å²) in [5.41, 5.74) is 2.56. The molecule has 0 unspecified atom stereocenters. The summed E-state index contributed by atoms with van der Waals surface area (Å²) in [6.45, 7) is 0. The van der Waals surface area contributed by atoms with Crippen molar-refractivity contribution in [2.45, 2.75) is 18.3 Å². The first kappa shape index (κ1) is 15.0. The third-order valence-electron chi connectivity index (χ3n) is 5.76. The number of carbonyl (C=O) groups is 3. The van der Waals surface area contributed by atoms with Crippen LogP contribution < -0.4 is 4.90 Å². The van der Waals surface area contributed by atoms with Gasteiger partial charge in [-0.15, -0.1) is 0 Å². The molecule has 2 aromatic carbocycles. The molecule has 4 atom stereocenters. The number of halogens is 1. The second-order valence-electron chi connectivity index (χ2n) is 6.93. The standard InChI is InChI=1S/C20H14BrNO3/c21-10-4-3-5-11(8-10)22-19(24)17-14-9-15(23)16(18(17)20(22)25)13-7-2-1-6-12(13)14/h1-8,14,16-18H,9H2/t14-,16+,17-,18-/m1/s1. The van der Waals surface area contributed by atoms with Crippen molar-refractivity contribution in [3.05, 3.63) is 64.1 Å². The highest BCUT2D eigenvalue weighted by molar-refractivity contribution is 9.10. The van der Waals surface area contributed by atoms with Gasteiger partial charge in [-0.3, -0.25) is 14.4 Å². The molecule has 0 radical (unpaired) electrons. The molecular weight excluding hydrogens is 382 g/mol. The Morgan fingerprint density at radius 3 is 2.36 bits per heavy atom. The van der Waals surface area contributed by atoms with E-state index in [0.29, 0.717) is 12.1 Å². The highest BCUT2D eigenvalue weighted by atomic mass is 79.9. The van der Waals surface area contributed by atoms with Crippen LogP contribution in [0.2, 0.25) is 0 Å². The van der Waals surface area contributed by atoms with Crippen LogP contribution in [0, 0.1) is 11.8 Å². The number of benzene rings is 2. The van der Waals surface area contributed by atoms with E-state index in [0.717, 1.165) is 15.6 Å². The van der Waals surface area contributed by atoms with Gasteiger partial charge < -0.3 is 0 Å². The molecule has 1 saturated heterocycles. The summed E-state index contributed by atoms with van der Waals surface area (Å²) in [6, 6.07) is 14.9. The van der Waals surface area contributed by atoms with E-state index in [2.05, 4.69) is 15.9 Å². The average Bonchev–Trinajstić information content (AvgIpc) is 2.87. The molecule has 5 heteroatoms. The lowest BCUT2D eigenvalue weighted by Crippen LogP contribution is -2.44. The van der Waals surface area contributed by atoms with Crippen LogP contribution in [0.15, 0.2) is 53.0 Å². The van der Waals surface area contributed by atoms with Crippen molar-refractivity contribution in [3.8, 4) is 0 Å². The van der Waals surface area contributed by atoms with Gasteiger partial charge in [-0.05, 0) is 29.3 Å². The Morgan fingerprint density at radius 1 is 0.880 bits per heavy atom. The zero-order valence-electron chi connectivity index (χ0n) is 13.2. The number of hydrogen-bond acceptors (Lipinski definition) is 3. The lowest BCUT2D eigenvalue weighted by Gasteiger charge is -2.43. The SMILES string of the molecule is O=C1C[C@@H]2c3ccccc3[C@@H]1[C@H]1C(=O)N(c3cccc(Br)c3)C(=O)[C@@H]12. The highest BCUT2D eigenvalue weighted by Gasteiger charge is 2.62. The van der Waals surface area contributed by atoms with Gasteiger partial charge in [0, 0.05) is 16.8 Å². The summed E-state index contributed by atoms with van der Waals surface area (Å²) in [6.07, 6.45) is 0.355. The molecule has 0 aromatic heterocycles. The first-order chi connectivity index (χ1) is 12.1. The number of fused-ring (bicyclic) bond motifs is 1. The lowest BCUT2D eigenvalue weighted by molar-refractivity contribution is -0.134. The molecule has 1 aliphatic heterocycles. The average molecular weight is 396 g/mol. The van der Waals surface area contributed by atoms with Crippen molar-refractivity contribution in [1.29, 1.82) is 0 Å². The van der Waals surface area contributed by atoms with E-state index < -0.39 is 17.8 Å². The Morgan fingerprint density at radius 2 is 1.60 bits per heavy atom. The molecule has 25 heavy (non-hydrogen) atoms. The number of carbonyl (C=O) groups excluding carboxylic acids is 3. The molecule has 1 saturated carbocycles. The maximum atomic E-state index is 13.1. The van der Waals surface area contributed by atoms with Gasteiger partial charge in [-0.2, -0.15) is 0 Å². The van der Waals surface area contributed by atoms with Gasteiger partial charge >= 0.3 is 0 Å². The Hall–Kier alpha value is -2.27. The predicted octanol–water partition coefficient (Wildman–Crippen LogP) is 3.41. The van der Waals surface area contributed by atoms with Crippen LogP contribution in [0.4, 0.5) is 5.69 Å². The van der Waals surface area contributed by atoms with Crippen molar-refractivity contribution in [2.75, 3.05) is 4.90 Å². The maximum Gasteiger partial charge on any atom is 0.238 e. The molecule has 2 aromatic rings. The van der Waals surface area contributed by atoms with Crippen LogP contribution >= 0.6 is 15.9 Å². The lowest BCUT2D eigenvalue weighted by atomic mass is 9.56. The second kappa shape index (κ2) is 5.11. The molecule has 0 N–H and O–H groups in total. The van der Waals surface area contributed by atoms with Gasteiger partial charge in [-0.25, -0.2) is 4.90 Å². The van der Waals surface area contributed by atoms with Crippen molar-refractivity contribution in [1.82, 2.24) is 0 Å². The minimum atomic E-state index is -0.562. The molecule has 4 aliphatic rings. The molecule has 1 heterocycles.